The molecule has 0 bridgehead atoms. The number of nitro groups is 1. The highest BCUT2D eigenvalue weighted by Gasteiger charge is 2.20. The maximum absolute atomic E-state index is 13.3. The first-order valence-electron chi connectivity index (χ1n) is 6.78. The third kappa shape index (κ3) is 3.50. The van der Waals surface area contributed by atoms with Crippen LogP contribution >= 0.6 is 0 Å². The Morgan fingerprint density at radius 2 is 1.74 bits per heavy atom. The van der Waals surface area contributed by atoms with Gasteiger partial charge >= 0.3 is 0 Å². The molecule has 2 aromatic carbocycles. The molecule has 2 rings (SSSR count). The summed E-state index contributed by atoms with van der Waals surface area (Å²) in [6, 6.07) is 8.15. The summed E-state index contributed by atoms with van der Waals surface area (Å²) in [4.78, 5) is 23.8. The van der Waals surface area contributed by atoms with Crippen molar-refractivity contribution >= 4 is 11.6 Å². The number of hydrogen-bond acceptors (Lipinski definition) is 3. The van der Waals surface area contributed by atoms with E-state index in [2.05, 4.69) is 0 Å². The van der Waals surface area contributed by atoms with Crippen molar-refractivity contribution < 1.29 is 18.5 Å². The highest BCUT2D eigenvalue weighted by Crippen LogP contribution is 2.23. The molecule has 0 N–H and O–H groups in total. The fourth-order valence-electron chi connectivity index (χ4n) is 2.10. The van der Waals surface area contributed by atoms with Crippen molar-refractivity contribution in [2.24, 2.45) is 0 Å². The van der Waals surface area contributed by atoms with Crippen LogP contribution in [0.15, 0.2) is 42.5 Å². The van der Waals surface area contributed by atoms with E-state index in [4.69, 9.17) is 0 Å². The molecule has 120 valence electrons. The Morgan fingerprint density at radius 1 is 1.13 bits per heavy atom. The zero-order valence-electron chi connectivity index (χ0n) is 12.5. The van der Waals surface area contributed by atoms with Gasteiger partial charge in [0.25, 0.3) is 11.6 Å². The molecule has 0 radical (unpaired) electrons. The van der Waals surface area contributed by atoms with Crippen LogP contribution in [0.3, 0.4) is 0 Å². The Kier molecular flexibility index (Phi) is 4.68. The molecule has 0 saturated heterocycles. The number of carbonyl (C=O) groups is 1. The molecule has 2 aromatic rings. The van der Waals surface area contributed by atoms with Crippen LogP contribution in [0.1, 0.15) is 28.9 Å². The molecule has 0 fully saturated rings. The van der Waals surface area contributed by atoms with Gasteiger partial charge in [0.1, 0.15) is 0 Å². The third-order valence-corrected chi connectivity index (χ3v) is 3.65. The second-order valence-corrected chi connectivity index (χ2v) is 5.07. The van der Waals surface area contributed by atoms with Crippen LogP contribution in [-0.4, -0.2) is 22.8 Å². The summed E-state index contributed by atoms with van der Waals surface area (Å²) in [5, 5.41) is 10.6. The number of carbonyl (C=O) groups excluding carboxylic acids is 1. The number of nitro benzene ring substituents is 1. The summed E-state index contributed by atoms with van der Waals surface area (Å²) < 4.78 is 26.3. The zero-order valence-corrected chi connectivity index (χ0v) is 12.5. The number of benzene rings is 2. The van der Waals surface area contributed by atoms with Crippen LogP contribution in [0, 0.1) is 21.7 Å². The van der Waals surface area contributed by atoms with Crippen molar-refractivity contribution in [3.8, 4) is 0 Å². The number of rotatable bonds is 4. The van der Waals surface area contributed by atoms with E-state index in [0.29, 0.717) is 5.56 Å². The van der Waals surface area contributed by atoms with Crippen molar-refractivity contribution in [2.75, 3.05) is 7.05 Å². The number of nitrogens with zero attached hydrogens (tertiary/aromatic N) is 2. The Morgan fingerprint density at radius 3 is 2.26 bits per heavy atom. The van der Waals surface area contributed by atoms with Gasteiger partial charge < -0.3 is 4.90 Å². The highest BCUT2D eigenvalue weighted by molar-refractivity contribution is 5.94. The Hall–Kier alpha value is -2.83. The summed E-state index contributed by atoms with van der Waals surface area (Å²) in [6.07, 6.45) is 0. The molecule has 0 saturated carbocycles. The van der Waals surface area contributed by atoms with Gasteiger partial charge in [-0.05, 0) is 36.8 Å². The van der Waals surface area contributed by atoms with E-state index in [1.54, 1.807) is 6.92 Å². The van der Waals surface area contributed by atoms with Crippen LogP contribution in [0.25, 0.3) is 0 Å². The molecule has 5 nitrogen and oxygen atoms in total. The second-order valence-electron chi connectivity index (χ2n) is 5.07. The summed E-state index contributed by atoms with van der Waals surface area (Å²) >= 11 is 0. The van der Waals surface area contributed by atoms with Crippen molar-refractivity contribution in [3.05, 3.63) is 75.3 Å². The molecular weight excluding hydrogens is 306 g/mol. The van der Waals surface area contributed by atoms with E-state index in [1.165, 1.54) is 42.3 Å². The fraction of sp³-hybridized carbons (Fsp3) is 0.188. The predicted molar refractivity (Wildman–Crippen MR) is 80.0 cm³/mol. The minimum absolute atomic E-state index is 0.113. The summed E-state index contributed by atoms with van der Waals surface area (Å²) in [7, 11) is 1.52. The van der Waals surface area contributed by atoms with E-state index in [0.717, 1.165) is 12.1 Å². The molecule has 0 aliphatic rings. The minimum Gasteiger partial charge on any atom is -0.335 e. The SMILES string of the molecule is CC(c1ccc(F)c(F)c1)N(C)C(=O)c1ccc([N+](=O)[O-])cc1. The Balaban J connectivity index is 2.20. The topological polar surface area (TPSA) is 63.5 Å². The van der Waals surface area contributed by atoms with E-state index in [1.807, 2.05) is 0 Å². The average Bonchev–Trinajstić information content (AvgIpc) is 2.55. The Bertz CT molecular complexity index is 747. The quantitative estimate of drug-likeness (QED) is 0.637. The van der Waals surface area contributed by atoms with Crippen LogP contribution < -0.4 is 0 Å². The number of hydrogen-bond donors (Lipinski definition) is 0. The molecule has 0 aliphatic heterocycles. The summed E-state index contributed by atoms with van der Waals surface area (Å²) in [5.74, 6) is -2.31. The first-order valence-corrected chi connectivity index (χ1v) is 6.78. The lowest BCUT2D eigenvalue weighted by Crippen LogP contribution is -2.29. The van der Waals surface area contributed by atoms with Gasteiger partial charge in [-0.15, -0.1) is 0 Å². The van der Waals surface area contributed by atoms with Gasteiger partial charge in [0, 0.05) is 24.7 Å². The molecule has 0 aromatic heterocycles. The molecule has 0 heterocycles. The highest BCUT2D eigenvalue weighted by atomic mass is 19.2. The van der Waals surface area contributed by atoms with Crippen LogP contribution in [0.5, 0.6) is 0 Å². The van der Waals surface area contributed by atoms with Crippen LogP contribution in [-0.2, 0) is 0 Å². The van der Waals surface area contributed by atoms with Gasteiger partial charge in [0.05, 0.1) is 11.0 Å². The van der Waals surface area contributed by atoms with Gasteiger partial charge in [-0.3, -0.25) is 14.9 Å². The maximum atomic E-state index is 13.3. The molecule has 1 atom stereocenters. The number of amides is 1. The van der Waals surface area contributed by atoms with Crippen molar-refractivity contribution in [2.45, 2.75) is 13.0 Å². The number of non-ortho nitro benzene ring substituents is 1. The third-order valence-electron chi connectivity index (χ3n) is 3.65. The first-order chi connectivity index (χ1) is 10.8. The molecule has 1 amide bonds. The minimum atomic E-state index is -0.981. The zero-order chi connectivity index (χ0) is 17.1. The van der Waals surface area contributed by atoms with E-state index >= 15 is 0 Å². The molecule has 0 aliphatic carbocycles. The van der Waals surface area contributed by atoms with Gasteiger partial charge in [-0.25, -0.2) is 8.78 Å². The van der Waals surface area contributed by atoms with E-state index in [9.17, 15) is 23.7 Å². The number of halogens is 2. The van der Waals surface area contributed by atoms with E-state index in [-0.39, 0.29) is 17.2 Å². The molecule has 0 spiro atoms. The molecule has 23 heavy (non-hydrogen) atoms. The van der Waals surface area contributed by atoms with Gasteiger partial charge in [0.2, 0.25) is 0 Å². The maximum Gasteiger partial charge on any atom is 0.269 e. The summed E-state index contributed by atoms with van der Waals surface area (Å²) in [6.45, 7) is 1.68. The van der Waals surface area contributed by atoms with E-state index < -0.39 is 22.6 Å². The van der Waals surface area contributed by atoms with Crippen molar-refractivity contribution in [1.29, 1.82) is 0 Å². The molecular formula is C16H14F2N2O3. The van der Waals surface area contributed by atoms with Crippen LogP contribution in [0.2, 0.25) is 0 Å². The molecule has 7 heteroatoms. The van der Waals surface area contributed by atoms with Crippen LogP contribution in [0.4, 0.5) is 14.5 Å². The monoisotopic (exact) mass is 320 g/mol. The first kappa shape index (κ1) is 16.5. The van der Waals surface area contributed by atoms with Gasteiger partial charge in [-0.1, -0.05) is 6.07 Å². The van der Waals surface area contributed by atoms with Gasteiger partial charge in [-0.2, -0.15) is 0 Å². The van der Waals surface area contributed by atoms with Crippen molar-refractivity contribution in [3.63, 3.8) is 0 Å². The molecule has 1 unspecified atom stereocenters. The lowest BCUT2D eigenvalue weighted by molar-refractivity contribution is -0.384. The predicted octanol–water partition coefficient (Wildman–Crippen LogP) is 3.71. The lowest BCUT2D eigenvalue weighted by Gasteiger charge is -2.25. The van der Waals surface area contributed by atoms with Gasteiger partial charge in [0.15, 0.2) is 11.6 Å². The average molecular weight is 320 g/mol. The second kappa shape index (κ2) is 6.51. The smallest absolute Gasteiger partial charge is 0.269 e. The summed E-state index contributed by atoms with van der Waals surface area (Å²) in [5.41, 5.74) is 0.604. The Labute approximate surface area is 131 Å². The normalized spacial score (nSPS) is 11.8. The fourth-order valence-corrected chi connectivity index (χ4v) is 2.10. The lowest BCUT2D eigenvalue weighted by atomic mass is 10.1. The van der Waals surface area contributed by atoms with Crippen molar-refractivity contribution in [1.82, 2.24) is 4.90 Å². The standard InChI is InChI=1S/C16H14F2N2O3/c1-10(12-5-8-14(17)15(18)9-12)19(2)16(21)11-3-6-13(7-4-11)20(22)23/h3-10H,1-2H3. The largest absolute Gasteiger partial charge is 0.335 e.